The van der Waals surface area contributed by atoms with Crippen molar-refractivity contribution in [1.82, 2.24) is 4.90 Å². The van der Waals surface area contributed by atoms with Gasteiger partial charge in [-0.25, -0.2) is 0 Å². The second kappa shape index (κ2) is 5.28. The first-order valence-corrected chi connectivity index (χ1v) is 7.37. The van der Waals surface area contributed by atoms with Crippen molar-refractivity contribution in [2.45, 2.75) is 39.3 Å². The summed E-state index contributed by atoms with van der Waals surface area (Å²) in [5, 5.41) is 0. The molecule has 2 nitrogen and oxygen atoms in total. The van der Waals surface area contributed by atoms with Crippen LogP contribution in [0.15, 0.2) is 53.8 Å². The average molecular weight is 267 g/mol. The number of ketones is 1. The molecule has 20 heavy (non-hydrogen) atoms. The number of hydrogen-bond acceptors (Lipinski definition) is 2. The number of Topliss-reactive ketones (excluding diaryl/α,β-unsaturated/α-hetero) is 1. The molecule has 104 valence electrons. The van der Waals surface area contributed by atoms with Crippen LogP contribution >= 0.6 is 0 Å². The molecule has 2 heteroatoms. The molecule has 0 N–H and O–H groups in total. The number of nitrogens with zero attached hydrogens (tertiary/aromatic N) is 1. The molecule has 0 unspecified atom stereocenters. The first kappa shape index (κ1) is 13.2. The Morgan fingerprint density at radius 2 is 2.05 bits per heavy atom. The van der Waals surface area contributed by atoms with Gasteiger partial charge in [0.15, 0.2) is 5.78 Å². The van der Waals surface area contributed by atoms with Gasteiger partial charge >= 0.3 is 0 Å². The Bertz CT molecular complexity index is 570. The third-order valence-corrected chi connectivity index (χ3v) is 4.52. The molecule has 0 amide bonds. The van der Waals surface area contributed by atoms with E-state index in [0.717, 1.165) is 25.0 Å². The Kier molecular flexibility index (Phi) is 3.47. The van der Waals surface area contributed by atoms with Crippen molar-refractivity contribution >= 4 is 5.78 Å². The Labute approximate surface area is 120 Å². The van der Waals surface area contributed by atoms with Gasteiger partial charge in [-0.1, -0.05) is 42.5 Å². The second-order valence-electron chi connectivity index (χ2n) is 5.77. The molecule has 1 heterocycles. The average Bonchev–Trinajstić information content (AvgIpc) is 2.73. The van der Waals surface area contributed by atoms with Crippen LogP contribution in [0.3, 0.4) is 0 Å². The van der Waals surface area contributed by atoms with Crippen molar-refractivity contribution in [3.8, 4) is 0 Å². The topological polar surface area (TPSA) is 20.3 Å². The van der Waals surface area contributed by atoms with Gasteiger partial charge in [0, 0.05) is 23.7 Å². The summed E-state index contributed by atoms with van der Waals surface area (Å²) in [5.74, 6) is 0.629. The Hall–Kier alpha value is -1.83. The minimum atomic E-state index is 0.239. The van der Waals surface area contributed by atoms with E-state index in [0.29, 0.717) is 12.0 Å². The van der Waals surface area contributed by atoms with E-state index in [4.69, 9.17) is 0 Å². The Morgan fingerprint density at radius 3 is 2.75 bits per heavy atom. The van der Waals surface area contributed by atoms with E-state index >= 15 is 0 Å². The highest BCUT2D eigenvalue weighted by atomic mass is 16.1. The van der Waals surface area contributed by atoms with Crippen LogP contribution in [-0.2, 0) is 11.3 Å². The zero-order chi connectivity index (χ0) is 14.1. The Balaban J connectivity index is 1.94. The van der Waals surface area contributed by atoms with Gasteiger partial charge in [0.1, 0.15) is 0 Å². The lowest BCUT2D eigenvalue weighted by Crippen LogP contribution is -2.33. The van der Waals surface area contributed by atoms with Gasteiger partial charge in [0.25, 0.3) is 0 Å². The second-order valence-corrected chi connectivity index (χ2v) is 5.77. The molecule has 1 aliphatic heterocycles. The highest BCUT2D eigenvalue weighted by molar-refractivity contribution is 5.95. The molecule has 3 rings (SSSR count). The zero-order valence-corrected chi connectivity index (χ0v) is 12.2. The van der Waals surface area contributed by atoms with Gasteiger partial charge in [-0.2, -0.15) is 0 Å². The summed E-state index contributed by atoms with van der Waals surface area (Å²) in [6, 6.07) is 10.9. The summed E-state index contributed by atoms with van der Waals surface area (Å²) in [6.07, 6.45) is 6.73. The summed E-state index contributed by atoms with van der Waals surface area (Å²) in [6.45, 7) is 4.70. The van der Waals surface area contributed by atoms with Gasteiger partial charge < -0.3 is 4.90 Å². The molecular weight excluding hydrogens is 246 g/mol. The van der Waals surface area contributed by atoms with Crippen LogP contribution in [0.4, 0.5) is 0 Å². The van der Waals surface area contributed by atoms with Gasteiger partial charge in [-0.15, -0.1) is 0 Å². The minimum absolute atomic E-state index is 0.239. The van der Waals surface area contributed by atoms with Crippen molar-refractivity contribution in [3.63, 3.8) is 0 Å². The SMILES string of the molecule is CC(=O)C1=C(C)N(Cc2ccccc2)[C@@H]2C=CCC[C@H]12. The van der Waals surface area contributed by atoms with Crippen molar-refractivity contribution in [2.24, 2.45) is 5.92 Å². The van der Waals surface area contributed by atoms with Crippen LogP contribution in [0.1, 0.15) is 32.3 Å². The standard InChI is InChI=1S/C18H21NO/c1-13-18(14(2)20)16-10-6-7-11-17(16)19(13)12-15-8-4-3-5-9-15/h3-5,7-9,11,16-17H,6,10,12H2,1-2H3/t16-,17+/m0/s1. The molecule has 0 spiro atoms. The lowest BCUT2D eigenvalue weighted by atomic mass is 9.84. The molecule has 0 saturated heterocycles. The molecule has 0 aromatic heterocycles. The molecule has 0 fully saturated rings. The highest BCUT2D eigenvalue weighted by Gasteiger charge is 2.39. The first-order valence-electron chi connectivity index (χ1n) is 7.37. The first-order chi connectivity index (χ1) is 9.68. The number of benzene rings is 1. The smallest absolute Gasteiger partial charge is 0.157 e. The molecule has 2 atom stereocenters. The predicted octanol–water partition coefficient (Wildman–Crippen LogP) is 3.70. The summed E-state index contributed by atoms with van der Waals surface area (Å²) in [4.78, 5) is 14.4. The van der Waals surface area contributed by atoms with E-state index in [1.165, 1.54) is 11.3 Å². The van der Waals surface area contributed by atoms with E-state index in [9.17, 15) is 4.79 Å². The molecule has 2 aliphatic rings. The minimum Gasteiger partial charge on any atom is -0.363 e. The van der Waals surface area contributed by atoms with E-state index in [2.05, 4.69) is 48.2 Å². The van der Waals surface area contributed by atoms with Crippen LogP contribution in [0.2, 0.25) is 0 Å². The largest absolute Gasteiger partial charge is 0.363 e. The van der Waals surface area contributed by atoms with Crippen molar-refractivity contribution in [2.75, 3.05) is 0 Å². The van der Waals surface area contributed by atoms with Crippen LogP contribution in [0.5, 0.6) is 0 Å². The third kappa shape index (κ3) is 2.20. The maximum atomic E-state index is 12.0. The molecule has 1 aliphatic carbocycles. The monoisotopic (exact) mass is 267 g/mol. The fraction of sp³-hybridized carbons (Fsp3) is 0.389. The van der Waals surface area contributed by atoms with Gasteiger partial charge in [-0.3, -0.25) is 4.79 Å². The van der Waals surface area contributed by atoms with Crippen LogP contribution < -0.4 is 0 Å². The molecule has 1 aromatic carbocycles. The predicted molar refractivity (Wildman–Crippen MR) is 81.0 cm³/mol. The number of fused-ring (bicyclic) bond motifs is 1. The molecule has 1 aromatic rings. The maximum Gasteiger partial charge on any atom is 0.157 e. The number of rotatable bonds is 3. The number of carbonyl (C=O) groups excluding carboxylic acids is 1. The summed E-state index contributed by atoms with van der Waals surface area (Å²) in [5.41, 5.74) is 3.52. The third-order valence-electron chi connectivity index (χ3n) is 4.52. The molecule has 0 saturated carbocycles. The fourth-order valence-electron chi connectivity index (χ4n) is 3.62. The fourth-order valence-corrected chi connectivity index (χ4v) is 3.62. The van der Waals surface area contributed by atoms with Crippen molar-refractivity contribution in [3.05, 3.63) is 59.3 Å². The highest BCUT2D eigenvalue weighted by Crippen LogP contribution is 2.41. The van der Waals surface area contributed by atoms with Crippen LogP contribution in [0.25, 0.3) is 0 Å². The quantitative estimate of drug-likeness (QED) is 0.778. The lowest BCUT2D eigenvalue weighted by molar-refractivity contribution is -0.114. The van der Waals surface area contributed by atoms with Crippen LogP contribution in [0, 0.1) is 5.92 Å². The summed E-state index contributed by atoms with van der Waals surface area (Å²) in [7, 11) is 0. The molecular formula is C18H21NO. The number of hydrogen-bond donors (Lipinski definition) is 0. The van der Waals surface area contributed by atoms with E-state index < -0.39 is 0 Å². The summed E-state index contributed by atoms with van der Waals surface area (Å²) < 4.78 is 0. The van der Waals surface area contributed by atoms with Gasteiger partial charge in [-0.05, 0) is 32.3 Å². The maximum absolute atomic E-state index is 12.0. The molecule has 0 radical (unpaired) electrons. The van der Waals surface area contributed by atoms with Crippen LogP contribution in [-0.4, -0.2) is 16.7 Å². The lowest BCUT2D eigenvalue weighted by Gasteiger charge is -2.31. The van der Waals surface area contributed by atoms with E-state index in [1.807, 2.05) is 6.07 Å². The summed E-state index contributed by atoms with van der Waals surface area (Å²) >= 11 is 0. The van der Waals surface area contributed by atoms with Gasteiger partial charge in [0.2, 0.25) is 0 Å². The number of carbonyl (C=O) groups is 1. The Morgan fingerprint density at radius 1 is 1.30 bits per heavy atom. The van der Waals surface area contributed by atoms with Gasteiger partial charge in [0.05, 0.1) is 6.04 Å². The molecule has 0 bridgehead atoms. The van der Waals surface area contributed by atoms with E-state index in [1.54, 1.807) is 6.92 Å². The van der Waals surface area contributed by atoms with Crippen molar-refractivity contribution in [1.29, 1.82) is 0 Å². The zero-order valence-electron chi connectivity index (χ0n) is 12.2. The number of allylic oxidation sites excluding steroid dienone is 2. The van der Waals surface area contributed by atoms with Crippen molar-refractivity contribution < 1.29 is 4.79 Å². The van der Waals surface area contributed by atoms with E-state index in [-0.39, 0.29) is 5.78 Å². The normalized spacial score (nSPS) is 25.0.